The van der Waals surface area contributed by atoms with E-state index in [1.165, 1.54) is 5.56 Å². The number of rotatable bonds is 1. The van der Waals surface area contributed by atoms with Crippen LogP contribution in [0.5, 0.6) is 0 Å². The highest BCUT2D eigenvalue weighted by molar-refractivity contribution is 5.61. The zero-order chi connectivity index (χ0) is 9.26. The molecule has 2 aromatic heterocycles. The number of pyridine rings is 1. The summed E-state index contributed by atoms with van der Waals surface area (Å²) in [7, 11) is 0. The predicted octanol–water partition coefficient (Wildman–Crippen LogP) is 2.37. The van der Waals surface area contributed by atoms with Crippen molar-refractivity contribution < 1.29 is 0 Å². The maximum absolute atomic E-state index is 8.79. The minimum absolute atomic E-state index is 0.739. The first-order chi connectivity index (χ1) is 6.35. The van der Waals surface area contributed by atoms with Crippen molar-refractivity contribution in [2.75, 3.05) is 0 Å². The van der Waals surface area contributed by atoms with Crippen LogP contribution < -0.4 is 0 Å². The molecule has 2 rings (SSSR count). The first-order valence-corrected chi connectivity index (χ1v) is 4.35. The molecule has 0 aliphatic carbocycles. The fourth-order valence-corrected chi connectivity index (χ4v) is 1.46. The Morgan fingerprint density at radius 3 is 2.92 bits per heavy atom. The smallest absolute Gasteiger partial charge is 0.101 e. The van der Waals surface area contributed by atoms with Crippen LogP contribution in [0.4, 0.5) is 0 Å². The molecular weight excluding hydrogens is 160 g/mol. The van der Waals surface area contributed by atoms with Gasteiger partial charge in [-0.3, -0.25) is 0 Å². The first-order valence-electron chi connectivity index (χ1n) is 4.35. The molecule has 0 aliphatic heterocycles. The second kappa shape index (κ2) is 2.95. The number of nitrogens with zero attached hydrogens (tertiary/aromatic N) is 2. The molecule has 0 spiro atoms. The lowest BCUT2D eigenvalue weighted by Crippen LogP contribution is -1.86. The summed E-state index contributed by atoms with van der Waals surface area (Å²) < 4.78 is 2.00. The normalized spacial score (nSPS) is 10.2. The molecule has 13 heavy (non-hydrogen) atoms. The van der Waals surface area contributed by atoms with Gasteiger partial charge in [-0.15, -0.1) is 0 Å². The van der Waals surface area contributed by atoms with E-state index in [0.717, 1.165) is 17.5 Å². The minimum Gasteiger partial charge on any atom is -0.322 e. The van der Waals surface area contributed by atoms with E-state index in [0.29, 0.717) is 0 Å². The molecule has 0 aromatic carbocycles. The fourth-order valence-electron chi connectivity index (χ4n) is 1.46. The monoisotopic (exact) mass is 170 g/mol. The third-order valence-corrected chi connectivity index (χ3v) is 2.24. The van der Waals surface area contributed by atoms with Crippen molar-refractivity contribution in [3.63, 3.8) is 0 Å². The van der Waals surface area contributed by atoms with Crippen LogP contribution in [0.25, 0.3) is 5.52 Å². The lowest BCUT2D eigenvalue weighted by molar-refractivity contribution is 1.07. The van der Waals surface area contributed by atoms with Crippen molar-refractivity contribution in [2.45, 2.75) is 13.3 Å². The molecule has 2 heterocycles. The summed E-state index contributed by atoms with van der Waals surface area (Å²) in [5.74, 6) is 0. The summed E-state index contributed by atoms with van der Waals surface area (Å²) in [6.07, 6.45) is 5.01. The van der Waals surface area contributed by atoms with E-state index < -0.39 is 0 Å². The van der Waals surface area contributed by atoms with E-state index in [2.05, 4.69) is 25.3 Å². The lowest BCUT2D eigenvalue weighted by atomic mass is 10.2. The van der Waals surface area contributed by atoms with E-state index in [-0.39, 0.29) is 0 Å². The molecule has 0 amide bonds. The van der Waals surface area contributed by atoms with Gasteiger partial charge in [-0.05, 0) is 24.1 Å². The third kappa shape index (κ3) is 1.19. The minimum atomic E-state index is 0.739. The number of aromatic nitrogens is 1. The quantitative estimate of drug-likeness (QED) is 0.645. The van der Waals surface area contributed by atoms with Gasteiger partial charge in [0.05, 0.1) is 11.1 Å². The first kappa shape index (κ1) is 7.88. The molecule has 0 saturated carbocycles. The Bertz CT molecular complexity index is 474. The lowest BCUT2D eigenvalue weighted by Gasteiger charge is -1.98. The van der Waals surface area contributed by atoms with E-state index >= 15 is 0 Å². The number of hydrogen-bond donors (Lipinski definition) is 0. The molecule has 64 valence electrons. The van der Waals surface area contributed by atoms with Crippen LogP contribution in [0.3, 0.4) is 0 Å². The van der Waals surface area contributed by atoms with Crippen LogP contribution in [-0.2, 0) is 6.42 Å². The van der Waals surface area contributed by atoms with Gasteiger partial charge in [-0.25, -0.2) is 0 Å². The molecule has 0 N–H and O–H groups in total. The van der Waals surface area contributed by atoms with Gasteiger partial charge >= 0.3 is 0 Å². The zero-order valence-electron chi connectivity index (χ0n) is 7.49. The Balaban J connectivity index is 2.70. The molecule has 0 unspecified atom stereocenters. The van der Waals surface area contributed by atoms with Gasteiger partial charge in [0.15, 0.2) is 0 Å². The van der Waals surface area contributed by atoms with Crippen LogP contribution in [0.2, 0.25) is 0 Å². The maximum Gasteiger partial charge on any atom is 0.101 e. The molecular formula is C11H10N2. The Hall–Kier alpha value is -1.75. The fraction of sp³-hybridized carbons (Fsp3) is 0.182. The van der Waals surface area contributed by atoms with Gasteiger partial charge in [0.25, 0.3) is 0 Å². The van der Waals surface area contributed by atoms with Crippen molar-refractivity contribution >= 4 is 5.52 Å². The third-order valence-electron chi connectivity index (χ3n) is 2.24. The highest BCUT2D eigenvalue weighted by atomic mass is 14.9. The highest BCUT2D eigenvalue weighted by Gasteiger charge is 2.00. The largest absolute Gasteiger partial charge is 0.322 e. The van der Waals surface area contributed by atoms with Gasteiger partial charge in [-0.2, -0.15) is 5.26 Å². The average molecular weight is 170 g/mol. The summed E-state index contributed by atoms with van der Waals surface area (Å²) in [5.41, 5.74) is 3.01. The topological polar surface area (TPSA) is 28.2 Å². The number of hydrogen-bond acceptors (Lipinski definition) is 1. The van der Waals surface area contributed by atoms with Crippen LogP contribution in [-0.4, -0.2) is 4.40 Å². The molecule has 0 radical (unpaired) electrons. The van der Waals surface area contributed by atoms with Crippen molar-refractivity contribution in [1.29, 1.82) is 5.26 Å². The Kier molecular flexibility index (Phi) is 1.79. The van der Waals surface area contributed by atoms with E-state index in [1.54, 1.807) is 0 Å². The van der Waals surface area contributed by atoms with Crippen LogP contribution in [0.1, 0.15) is 18.1 Å². The summed E-state index contributed by atoms with van der Waals surface area (Å²) in [6.45, 7) is 2.12. The summed E-state index contributed by atoms with van der Waals surface area (Å²) in [5, 5.41) is 8.79. The molecule has 2 nitrogen and oxygen atoms in total. The molecule has 0 bridgehead atoms. The number of nitriles is 1. The number of aryl methyl sites for hydroxylation is 1. The predicted molar refractivity (Wildman–Crippen MR) is 51.5 cm³/mol. The molecule has 0 aliphatic rings. The van der Waals surface area contributed by atoms with E-state index in [9.17, 15) is 0 Å². The standard InChI is InChI=1S/C11H10N2/c1-2-9-3-4-11-10(7-12)5-6-13(11)8-9/h3-6,8H,2H2,1H3. The second-order valence-electron chi connectivity index (χ2n) is 3.02. The molecule has 2 heteroatoms. The molecule has 0 atom stereocenters. The van der Waals surface area contributed by atoms with Gasteiger partial charge in [-0.1, -0.05) is 13.0 Å². The second-order valence-corrected chi connectivity index (χ2v) is 3.02. The Morgan fingerprint density at radius 1 is 1.38 bits per heavy atom. The zero-order valence-corrected chi connectivity index (χ0v) is 7.49. The maximum atomic E-state index is 8.79. The van der Waals surface area contributed by atoms with Crippen LogP contribution >= 0.6 is 0 Å². The molecule has 2 aromatic rings. The highest BCUT2D eigenvalue weighted by Crippen LogP contribution is 2.13. The van der Waals surface area contributed by atoms with Gasteiger partial charge < -0.3 is 4.40 Å². The van der Waals surface area contributed by atoms with Crippen molar-refractivity contribution in [3.8, 4) is 6.07 Å². The average Bonchev–Trinajstić information content (AvgIpc) is 2.59. The molecule has 0 fully saturated rings. The number of fused-ring (bicyclic) bond motifs is 1. The molecule has 0 saturated heterocycles. The summed E-state index contributed by atoms with van der Waals surface area (Å²) in [4.78, 5) is 0. The van der Waals surface area contributed by atoms with Gasteiger partial charge in [0.2, 0.25) is 0 Å². The van der Waals surface area contributed by atoms with E-state index in [1.807, 2.05) is 22.7 Å². The van der Waals surface area contributed by atoms with Crippen molar-refractivity contribution in [1.82, 2.24) is 4.40 Å². The van der Waals surface area contributed by atoms with Crippen LogP contribution in [0, 0.1) is 11.3 Å². The van der Waals surface area contributed by atoms with Crippen LogP contribution in [0.15, 0.2) is 30.6 Å². The Morgan fingerprint density at radius 2 is 2.23 bits per heavy atom. The summed E-state index contributed by atoms with van der Waals surface area (Å²) >= 11 is 0. The van der Waals surface area contributed by atoms with E-state index in [4.69, 9.17) is 5.26 Å². The Labute approximate surface area is 77.0 Å². The van der Waals surface area contributed by atoms with Crippen molar-refractivity contribution in [2.24, 2.45) is 0 Å². The SMILES string of the molecule is CCc1ccc2c(C#N)ccn2c1. The summed E-state index contributed by atoms with van der Waals surface area (Å²) in [6, 6.07) is 8.07. The van der Waals surface area contributed by atoms with Gasteiger partial charge in [0, 0.05) is 12.4 Å². The van der Waals surface area contributed by atoms with Crippen molar-refractivity contribution in [3.05, 3.63) is 41.7 Å². The van der Waals surface area contributed by atoms with Gasteiger partial charge in [0.1, 0.15) is 6.07 Å².